The molecule has 2 rings (SSSR count). The van der Waals surface area contributed by atoms with Gasteiger partial charge in [-0.2, -0.15) is 0 Å². The molecule has 8 heteroatoms. The first-order valence-electron chi connectivity index (χ1n) is 6.76. The summed E-state index contributed by atoms with van der Waals surface area (Å²) in [6.07, 6.45) is 1.68. The zero-order valence-corrected chi connectivity index (χ0v) is 14.7. The average molecular weight is 356 g/mol. The van der Waals surface area contributed by atoms with Crippen LogP contribution in [0.1, 0.15) is 24.5 Å². The molecule has 122 valence electrons. The van der Waals surface area contributed by atoms with Gasteiger partial charge >= 0.3 is 0 Å². The van der Waals surface area contributed by atoms with E-state index in [1.165, 1.54) is 0 Å². The summed E-state index contributed by atoms with van der Waals surface area (Å²) in [7, 11) is 0. The lowest BCUT2D eigenvalue weighted by Gasteiger charge is -2.29. The topological polar surface area (TPSA) is 63.2 Å². The maximum absolute atomic E-state index is 12.0. The van der Waals surface area contributed by atoms with Crippen molar-refractivity contribution in [2.45, 2.75) is 38.8 Å². The molecule has 0 aliphatic carbocycles. The molecule has 1 saturated heterocycles. The summed E-state index contributed by atoms with van der Waals surface area (Å²) in [5.41, 5.74) is 1.06. The van der Waals surface area contributed by atoms with E-state index in [1.807, 2.05) is 6.92 Å². The molecule has 0 spiro atoms. The fourth-order valence-electron chi connectivity index (χ4n) is 2.08. The van der Waals surface area contributed by atoms with Crippen molar-refractivity contribution in [1.82, 2.24) is 15.6 Å². The van der Waals surface area contributed by atoms with Gasteiger partial charge in [0.2, 0.25) is 5.91 Å². The Morgan fingerprint density at radius 2 is 2.33 bits per heavy atom. The number of morpholine rings is 1. The van der Waals surface area contributed by atoms with Crippen molar-refractivity contribution in [3.05, 3.63) is 16.1 Å². The number of aryl methyl sites for hydroxylation is 1. The molecule has 5 nitrogen and oxygen atoms in total. The number of halogens is 2. The van der Waals surface area contributed by atoms with Crippen molar-refractivity contribution in [2.75, 3.05) is 19.7 Å². The molecule has 2 heterocycles. The molecule has 0 bridgehead atoms. The summed E-state index contributed by atoms with van der Waals surface area (Å²) in [6, 6.07) is -0.240. The van der Waals surface area contributed by atoms with Crippen LogP contribution >= 0.6 is 36.2 Å². The van der Waals surface area contributed by atoms with Crippen molar-refractivity contribution >= 4 is 42.1 Å². The standard InChI is InChI=1S/C13H21N3O2S.2ClH/c1-3-11-16-10(8-19-11)4-5-15-13(17)12-9(2)18-7-6-14-12;;/h8-9,12,14H,3-7H2,1-2H3,(H,15,17);2*1H/t9-,12+;;/m1../s1. The molecule has 1 aliphatic heterocycles. The lowest BCUT2D eigenvalue weighted by atomic mass is 10.1. The second-order valence-electron chi connectivity index (χ2n) is 4.63. The summed E-state index contributed by atoms with van der Waals surface area (Å²) < 4.78 is 5.46. The van der Waals surface area contributed by atoms with Crippen LogP contribution in [-0.2, 0) is 22.4 Å². The van der Waals surface area contributed by atoms with Crippen molar-refractivity contribution in [2.24, 2.45) is 0 Å². The number of nitrogens with one attached hydrogen (secondary N) is 2. The van der Waals surface area contributed by atoms with Gasteiger partial charge < -0.3 is 15.4 Å². The summed E-state index contributed by atoms with van der Waals surface area (Å²) in [5, 5.41) is 9.34. The summed E-state index contributed by atoms with van der Waals surface area (Å²) >= 11 is 1.68. The highest BCUT2D eigenvalue weighted by atomic mass is 35.5. The maximum atomic E-state index is 12.0. The number of carbonyl (C=O) groups is 1. The van der Waals surface area contributed by atoms with Crippen molar-refractivity contribution in [1.29, 1.82) is 0 Å². The van der Waals surface area contributed by atoms with Crippen molar-refractivity contribution < 1.29 is 9.53 Å². The smallest absolute Gasteiger partial charge is 0.239 e. The maximum Gasteiger partial charge on any atom is 0.239 e. The largest absolute Gasteiger partial charge is 0.375 e. The van der Waals surface area contributed by atoms with Gasteiger partial charge in [0.25, 0.3) is 0 Å². The van der Waals surface area contributed by atoms with E-state index in [1.54, 1.807) is 11.3 Å². The Kier molecular flexibility index (Phi) is 10.1. The predicted octanol–water partition coefficient (Wildman–Crippen LogP) is 1.58. The number of ether oxygens (including phenoxy) is 1. The second kappa shape index (κ2) is 10.3. The van der Waals surface area contributed by atoms with Gasteiger partial charge in [-0.1, -0.05) is 6.92 Å². The Balaban J connectivity index is 0.00000200. The minimum absolute atomic E-state index is 0. The Hall–Kier alpha value is -0.400. The lowest BCUT2D eigenvalue weighted by Crippen LogP contribution is -2.55. The highest BCUT2D eigenvalue weighted by molar-refractivity contribution is 7.09. The third kappa shape index (κ3) is 6.08. The van der Waals surface area contributed by atoms with Gasteiger partial charge in [-0.05, 0) is 13.3 Å². The fourth-order valence-corrected chi connectivity index (χ4v) is 2.86. The zero-order chi connectivity index (χ0) is 13.7. The van der Waals surface area contributed by atoms with Gasteiger partial charge in [-0.3, -0.25) is 4.79 Å². The quantitative estimate of drug-likeness (QED) is 0.841. The number of nitrogens with zero attached hydrogens (tertiary/aromatic N) is 1. The van der Waals surface area contributed by atoms with Gasteiger partial charge in [-0.25, -0.2) is 4.98 Å². The van der Waals surface area contributed by atoms with Crippen LogP contribution in [0.5, 0.6) is 0 Å². The number of carbonyl (C=O) groups excluding carboxylic acids is 1. The first kappa shape index (κ1) is 20.6. The second-order valence-corrected chi connectivity index (χ2v) is 5.58. The Morgan fingerprint density at radius 1 is 1.57 bits per heavy atom. The molecule has 0 radical (unpaired) electrons. The molecule has 2 N–H and O–H groups in total. The van der Waals surface area contributed by atoms with E-state index < -0.39 is 0 Å². The van der Waals surface area contributed by atoms with Crippen LogP contribution in [0.25, 0.3) is 0 Å². The number of hydrogen-bond donors (Lipinski definition) is 2. The Bertz CT molecular complexity index is 431. The Labute approximate surface area is 142 Å². The minimum Gasteiger partial charge on any atom is -0.375 e. The van der Waals surface area contributed by atoms with Gasteiger partial charge in [0.05, 0.1) is 23.4 Å². The average Bonchev–Trinajstić information content (AvgIpc) is 2.87. The third-order valence-corrected chi connectivity index (χ3v) is 4.22. The molecular formula is C13H23Cl2N3O2S. The molecule has 0 saturated carbocycles. The monoisotopic (exact) mass is 355 g/mol. The van der Waals surface area contributed by atoms with E-state index in [9.17, 15) is 4.79 Å². The van der Waals surface area contributed by atoms with E-state index in [-0.39, 0.29) is 42.9 Å². The SMILES string of the molecule is CCc1nc(CCNC(=O)[C@H]2NCCO[C@@H]2C)cs1.Cl.Cl. The van der Waals surface area contributed by atoms with E-state index in [2.05, 4.69) is 27.9 Å². The highest BCUT2D eigenvalue weighted by Gasteiger charge is 2.27. The molecule has 1 aromatic rings. The fraction of sp³-hybridized carbons (Fsp3) is 0.692. The van der Waals surface area contributed by atoms with Crippen molar-refractivity contribution in [3.8, 4) is 0 Å². The molecule has 1 amide bonds. The molecular weight excluding hydrogens is 333 g/mol. The molecule has 1 fully saturated rings. The molecule has 1 aromatic heterocycles. The molecule has 21 heavy (non-hydrogen) atoms. The summed E-state index contributed by atoms with van der Waals surface area (Å²) in [5.74, 6) is 0.0122. The van der Waals surface area contributed by atoms with E-state index in [0.29, 0.717) is 13.2 Å². The summed E-state index contributed by atoms with van der Waals surface area (Å²) in [4.78, 5) is 16.5. The lowest BCUT2D eigenvalue weighted by molar-refractivity contribution is -0.128. The van der Waals surface area contributed by atoms with Gasteiger partial charge in [0.15, 0.2) is 0 Å². The van der Waals surface area contributed by atoms with Gasteiger partial charge in [0.1, 0.15) is 6.04 Å². The zero-order valence-electron chi connectivity index (χ0n) is 12.3. The normalized spacial score (nSPS) is 21.0. The Morgan fingerprint density at radius 3 is 2.95 bits per heavy atom. The minimum atomic E-state index is -0.240. The molecule has 0 unspecified atom stereocenters. The first-order chi connectivity index (χ1) is 9.20. The molecule has 1 aliphatic rings. The molecule has 0 aromatic carbocycles. The number of rotatable bonds is 5. The van der Waals surface area contributed by atoms with Crippen LogP contribution in [0.2, 0.25) is 0 Å². The highest BCUT2D eigenvalue weighted by Crippen LogP contribution is 2.10. The van der Waals surface area contributed by atoms with Crippen LogP contribution in [-0.4, -0.2) is 42.7 Å². The van der Waals surface area contributed by atoms with Crippen LogP contribution in [0.15, 0.2) is 5.38 Å². The van der Waals surface area contributed by atoms with Gasteiger partial charge in [-0.15, -0.1) is 36.2 Å². The van der Waals surface area contributed by atoms with Crippen LogP contribution < -0.4 is 10.6 Å². The van der Waals surface area contributed by atoms with E-state index >= 15 is 0 Å². The van der Waals surface area contributed by atoms with Crippen molar-refractivity contribution in [3.63, 3.8) is 0 Å². The number of hydrogen-bond acceptors (Lipinski definition) is 5. The van der Waals surface area contributed by atoms with Crippen LogP contribution in [0.4, 0.5) is 0 Å². The number of aromatic nitrogens is 1. The summed E-state index contributed by atoms with van der Waals surface area (Å²) in [6.45, 7) is 6.04. The van der Waals surface area contributed by atoms with Crippen LogP contribution in [0, 0.1) is 0 Å². The first-order valence-corrected chi connectivity index (χ1v) is 7.64. The van der Waals surface area contributed by atoms with E-state index in [4.69, 9.17) is 4.74 Å². The molecule has 2 atom stereocenters. The number of amides is 1. The van der Waals surface area contributed by atoms with Gasteiger partial charge in [0, 0.05) is 24.9 Å². The predicted molar refractivity (Wildman–Crippen MR) is 89.9 cm³/mol. The van der Waals surface area contributed by atoms with E-state index in [0.717, 1.165) is 30.1 Å². The van der Waals surface area contributed by atoms with Crippen LogP contribution in [0.3, 0.4) is 0 Å². The number of thiazole rings is 1. The third-order valence-electron chi connectivity index (χ3n) is 3.18.